The van der Waals surface area contributed by atoms with Gasteiger partial charge in [-0.3, -0.25) is 4.79 Å². The monoisotopic (exact) mass is 500 g/mol. The highest BCUT2D eigenvalue weighted by atomic mass is 35.5. The van der Waals surface area contributed by atoms with Crippen molar-refractivity contribution in [2.24, 2.45) is 5.41 Å². The van der Waals surface area contributed by atoms with Crippen LogP contribution in [0.1, 0.15) is 37.0 Å². The lowest BCUT2D eigenvalue weighted by Gasteiger charge is -2.52. The molecule has 2 aliphatic heterocycles. The van der Waals surface area contributed by atoms with Crippen molar-refractivity contribution < 1.29 is 22.7 Å². The van der Waals surface area contributed by atoms with Crippen LogP contribution in [0.15, 0.2) is 24.5 Å². The van der Waals surface area contributed by atoms with Crippen molar-refractivity contribution >= 4 is 24.1 Å². The van der Waals surface area contributed by atoms with E-state index in [9.17, 15) is 18.0 Å². The van der Waals surface area contributed by atoms with Gasteiger partial charge < -0.3 is 19.9 Å². The number of aromatic nitrogens is 3. The molecular formula is C22H28ClF3N6O2. The normalized spacial score (nSPS) is 16.9. The van der Waals surface area contributed by atoms with Crippen molar-refractivity contribution in [2.75, 3.05) is 37.6 Å². The van der Waals surface area contributed by atoms with Crippen molar-refractivity contribution in [2.45, 2.75) is 39.2 Å². The Kier molecular flexibility index (Phi) is 8.19. The Bertz CT molecular complexity index is 998. The molecule has 0 aliphatic carbocycles. The van der Waals surface area contributed by atoms with Gasteiger partial charge in [0, 0.05) is 24.5 Å². The molecule has 2 fully saturated rings. The third-order valence-electron chi connectivity index (χ3n) is 6.19. The Morgan fingerprint density at radius 3 is 2.62 bits per heavy atom. The Hall–Kier alpha value is -2.66. The summed E-state index contributed by atoms with van der Waals surface area (Å²) in [5.74, 6) is -0.880. The van der Waals surface area contributed by atoms with Crippen molar-refractivity contribution in [3.63, 3.8) is 0 Å². The molecule has 0 saturated carbocycles. The van der Waals surface area contributed by atoms with Crippen LogP contribution in [0.3, 0.4) is 0 Å². The molecule has 2 aromatic rings. The van der Waals surface area contributed by atoms with E-state index in [-0.39, 0.29) is 35.0 Å². The molecular weight excluding hydrogens is 473 g/mol. The number of carbonyl (C=O) groups excluding carboxylic acids is 1. The third-order valence-corrected chi connectivity index (χ3v) is 6.19. The first kappa shape index (κ1) is 26.0. The molecule has 1 aromatic carbocycles. The largest absolute Gasteiger partial charge is 0.434 e. The van der Waals surface area contributed by atoms with Crippen LogP contribution < -0.4 is 15.0 Å². The van der Waals surface area contributed by atoms with Gasteiger partial charge in [0.1, 0.15) is 17.9 Å². The summed E-state index contributed by atoms with van der Waals surface area (Å²) in [5.41, 5.74) is 0.0664. The van der Waals surface area contributed by atoms with Gasteiger partial charge in [0.25, 0.3) is 18.2 Å². The summed E-state index contributed by atoms with van der Waals surface area (Å²) < 4.78 is 46.0. The minimum Gasteiger partial charge on any atom is -0.434 e. The van der Waals surface area contributed by atoms with E-state index in [4.69, 9.17) is 4.74 Å². The minimum absolute atomic E-state index is 0. The molecule has 12 heteroatoms. The first-order valence-electron chi connectivity index (χ1n) is 11.0. The van der Waals surface area contributed by atoms with Crippen molar-refractivity contribution in [1.29, 1.82) is 0 Å². The molecule has 3 heterocycles. The Morgan fingerprint density at radius 1 is 1.26 bits per heavy atom. The number of alkyl halides is 2. The molecule has 0 unspecified atom stereocenters. The SMILES string of the molecule is CC(C)N(CC(F)F)C(=O)c1cc(F)ccc1Oc1nncnc1N1CC2(CCNCC2)C1.Cl. The number of benzene rings is 1. The molecule has 0 bridgehead atoms. The average Bonchev–Trinajstić information content (AvgIpc) is 2.77. The lowest BCUT2D eigenvalue weighted by Crippen LogP contribution is -2.60. The summed E-state index contributed by atoms with van der Waals surface area (Å²) in [6, 6.07) is 2.89. The van der Waals surface area contributed by atoms with Gasteiger partial charge in [-0.05, 0) is 58.0 Å². The maximum atomic E-state index is 14.0. The lowest BCUT2D eigenvalue weighted by molar-refractivity contribution is 0.0473. The first-order chi connectivity index (χ1) is 15.8. The van der Waals surface area contributed by atoms with Crippen LogP contribution in [0.2, 0.25) is 0 Å². The summed E-state index contributed by atoms with van der Waals surface area (Å²) in [5, 5.41) is 11.2. The van der Waals surface area contributed by atoms with Crippen molar-refractivity contribution in [1.82, 2.24) is 25.4 Å². The lowest BCUT2D eigenvalue weighted by atomic mass is 9.72. The van der Waals surface area contributed by atoms with Gasteiger partial charge in [-0.25, -0.2) is 18.2 Å². The molecule has 0 atom stereocenters. The minimum atomic E-state index is -2.72. The van der Waals surface area contributed by atoms with E-state index < -0.39 is 30.7 Å². The number of hydrogen-bond donors (Lipinski definition) is 1. The predicted octanol–water partition coefficient (Wildman–Crippen LogP) is 3.53. The van der Waals surface area contributed by atoms with Crippen LogP contribution in [-0.4, -0.2) is 71.2 Å². The van der Waals surface area contributed by atoms with Gasteiger partial charge in [0.05, 0.1) is 12.1 Å². The van der Waals surface area contributed by atoms with Gasteiger partial charge in [-0.15, -0.1) is 22.6 Å². The number of halogens is 4. The number of nitrogens with zero attached hydrogens (tertiary/aromatic N) is 5. The Labute approximate surface area is 202 Å². The Morgan fingerprint density at radius 2 is 1.97 bits per heavy atom. The summed E-state index contributed by atoms with van der Waals surface area (Å²) in [6.07, 6.45) is 0.738. The first-order valence-corrected chi connectivity index (χ1v) is 11.0. The smallest absolute Gasteiger partial charge is 0.282 e. The molecule has 1 aromatic heterocycles. The second-order valence-corrected chi connectivity index (χ2v) is 8.88. The standard InChI is InChI=1S/C22H27F3N6O2.ClH/c1-14(2)31(10-18(24)25)21(32)16-9-15(23)3-4-17(16)33-20-19(27-13-28-29-20)30-11-22(12-30)5-7-26-8-6-22;/h3-4,9,13-14,18,26H,5-8,10-12H2,1-2H3;1H. The highest BCUT2D eigenvalue weighted by Crippen LogP contribution is 2.43. The van der Waals surface area contributed by atoms with Crippen molar-refractivity contribution in [3.8, 4) is 11.6 Å². The highest BCUT2D eigenvalue weighted by molar-refractivity contribution is 5.97. The highest BCUT2D eigenvalue weighted by Gasteiger charge is 2.45. The van der Waals surface area contributed by atoms with Crippen LogP contribution >= 0.6 is 12.4 Å². The van der Waals surface area contributed by atoms with Gasteiger partial charge in [-0.2, -0.15) is 0 Å². The molecule has 34 heavy (non-hydrogen) atoms. The van der Waals surface area contributed by atoms with Gasteiger partial charge >= 0.3 is 0 Å². The van der Waals surface area contributed by atoms with E-state index >= 15 is 0 Å². The number of hydrogen-bond acceptors (Lipinski definition) is 7. The number of nitrogens with one attached hydrogen (secondary N) is 1. The van der Waals surface area contributed by atoms with Crippen LogP contribution in [0.5, 0.6) is 11.6 Å². The fourth-order valence-corrected chi connectivity index (χ4v) is 4.42. The molecule has 8 nitrogen and oxygen atoms in total. The van der Waals surface area contributed by atoms with Crippen LogP contribution in [-0.2, 0) is 0 Å². The molecule has 186 valence electrons. The summed E-state index contributed by atoms with van der Waals surface area (Å²) in [4.78, 5) is 20.4. The number of amides is 1. The summed E-state index contributed by atoms with van der Waals surface area (Å²) in [7, 11) is 0. The van der Waals surface area contributed by atoms with Crippen molar-refractivity contribution in [3.05, 3.63) is 35.9 Å². The van der Waals surface area contributed by atoms with Crippen LogP contribution in [0.25, 0.3) is 0 Å². The van der Waals surface area contributed by atoms with E-state index in [1.165, 1.54) is 12.4 Å². The van der Waals surface area contributed by atoms with E-state index in [0.29, 0.717) is 5.82 Å². The molecule has 2 saturated heterocycles. The number of anilines is 1. The molecule has 0 radical (unpaired) electrons. The Balaban J connectivity index is 0.00000324. The zero-order valence-corrected chi connectivity index (χ0v) is 19.8. The average molecular weight is 501 g/mol. The van der Waals surface area contributed by atoms with E-state index in [2.05, 4.69) is 20.5 Å². The zero-order chi connectivity index (χ0) is 23.6. The molecule has 1 spiro atoms. The predicted molar refractivity (Wildman–Crippen MR) is 122 cm³/mol. The fourth-order valence-electron chi connectivity index (χ4n) is 4.42. The topological polar surface area (TPSA) is 83.5 Å². The van der Waals surface area contributed by atoms with E-state index in [0.717, 1.165) is 56.1 Å². The molecule has 1 N–H and O–H groups in total. The number of rotatable bonds is 7. The zero-order valence-electron chi connectivity index (χ0n) is 19.0. The quantitative estimate of drug-likeness (QED) is 0.622. The number of carbonyl (C=O) groups is 1. The summed E-state index contributed by atoms with van der Waals surface area (Å²) in [6.45, 7) is 6.02. The van der Waals surface area contributed by atoms with Gasteiger partial charge in [0.15, 0.2) is 5.82 Å². The van der Waals surface area contributed by atoms with E-state index in [1.807, 2.05) is 4.90 Å². The molecule has 4 rings (SSSR count). The van der Waals surface area contributed by atoms with Gasteiger partial charge in [-0.1, -0.05) is 0 Å². The number of ether oxygens (including phenoxy) is 1. The maximum absolute atomic E-state index is 14.0. The summed E-state index contributed by atoms with van der Waals surface area (Å²) >= 11 is 0. The third kappa shape index (κ3) is 5.52. The maximum Gasteiger partial charge on any atom is 0.282 e. The molecule has 2 aliphatic rings. The van der Waals surface area contributed by atoms with E-state index in [1.54, 1.807) is 13.8 Å². The molecule has 1 amide bonds. The second-order valence-electron chi connectivity index (χ2n) is 8.88. The number of piperidine rings is 1. The van der Waals surface area contributed by atoms with Crippen LogP contribution in [0.4, 0.5) is 19.0 Å². The van der Waals surface area contributed by atoms with Gasteiger partial charge in [0.2, 0.25) is 0 Å². The fraction of sp³-hybridized carbons (Fsp3) is 0.545. The van der Waals surface area contributed by atoms with Crippen LogP contribution in [0, 0.1) is 11.2 Å². The second kappa shape index (κ2) is 10.7.